The van der Waals surface area contributed by atoms with Crippen LogP contribution in [0.25, 0.3) is 0 Å². The van der Waals surface area contributed by atoms with Gasteiger partial charge in [-0.1, -0.05) is 23.8 Å². The van der Waals surface area contributed by atoms with Crippen molar-refractivity contribution in [2.24, 2.45) is 4.99 Å². The van der Waals surface area contributed by atoms with Gasteiger partial charge in [-0.25, -0.2) is 4.39 Å². The molecule has 0 aliphatic heterocycles. The zero-order valence-electron chi connectivity index (χ0n) is 12.8. The van der Waals surface area contributed by atoms with Crippen LogP contribution in [0.5, 0.6) is 5.75 Å². The normalized spacial score (nSPS) is 11.5. The van der Waals surface area contributed by atoms with Gasteiger partial charge >= 0.3 is 5.97 Å². The van der Waals surface area contributed by atoms with Gasteiger partial charge in [0.1, 0.15) is 11.6 Å². The molecule has 4 nitrogen and oxygen atoms in total. The topological polar surface area (TPSA) is 69.9 Å². The molecule has 2 aromatic rings. The largest absolute Gasteiger partial charge is 0.507 e. The number of aliphatic imine (C=N–C) groups is 1. The van der Waals surface area contributed by atoms with Gasteiger partial charge in [0.05, 0.1) is 5.71 Å². The first-order valence-electron chi connectivity index (χ1n) is 7.30. The van der Waals surface area contributed by atoms with Crippen LogP contribution in [-0.4, -0.2) is 28.4 Å². The summed E-state index contributed by atoms with van der Waals surface area (Å²) in [7, 11) is 0. The monoisotopic (exact) mass is 315 g/mol. The molecule has 2 rings (SSSR count). The van der Waals surface area contributed by atoms with Gasteiger partial charge in [-0.05, 0) is 37.6 Å². The summed E-state index contributed by atoms with van der Waals surface area (Å²) in [4.78, 5) is 14.9. The molecule has 2 N–H and O–H groups in total. The highest BCUT2D eigenvalue weighted by atomic mass is 19.1. The zero-order chi connectivity index (χ0) is 16.8. The maximum absolute atomic E-state index is 14.1. The van der Waals surface area contributed by atoms with E-state index in [2.05, 4.69) is 4.99 Å². The maximum Gasteiger partial charge on any atom is 0.303 e. The molecule has 0 aromatic heterocycles. The Morgan fingerprint density at radius 3 is 2.61 bits per heavy atom. The number of aromatic hydroxyl groups is 1. The van der Waals surface area contributed by atoms with E-state index >= 15 is 0 Å². The summed E-state index contributed by atoms with van der Waals surface area (Å²) in [5.41, 5.74) is 1.95. The molecule has 0 spiro atoms. The summed E-state index contributed by atoms with van der Waals surface area (Å²) in [5.74, 6) is -1.33. The fraction of sp³-hybridized carbons (Fsp3) is 0.222. The Balaban J connectivity index is 2.43. The second kappa shape index (κ2) is 7.54. The van der Waals surface area contributed by atoms with Crippen molar-refractivity contribution in [3.63, 3.8) is 0 Å². The Morgan fingerprint density at radius 2 is 1.91 bits per heavy atom. The summed E-state index contributed by atoms with van der Waals surface area (Å²) in [6.45, 7) is 2.11. The number of benzene rings is 2. The van der Waals surface area contributed by atoms with Gasteiger partial charge in [-0.2, -0.15) is 0 Å². The number of carboxylic acid groups (broad SMARTS) is 1. The second-order valence-electron chi connectivity index (χ2n) is 5.23. The first-order chi connectivity index (χ1) is 11.0. The van der Waals surface area contributed by atoms with Crippen LogP contribution < -0.4 is 0 Å². The lowest BCUT2D eigenvalue weighted by Crippen LogP contribution is -2.08. The maximum atomic E-state index is 14.1. The summed E-state index contributed by atoms with van der Waals surface area (Å²) < 4.78 is 14.1. The number of phenolic OH excluding ortho intramolecular Hbond substituents is 1. The van der Waals surface area contributed by atoms with Gasteiger partial charge in [0.15, 0.2) is 0 Å². The van der Waals surface area contributed by atoms with E-state index in [0.29, 0.717) is 17.7 Å². The molecule has 0 saturated carbocycles. The lowest BCUT2D eigenvalue weighted by molar-refractivity contribution is -0.137. The number of nitrogens with zero attached hydrogens (tertiary/aromatic N) is 1. The third-order valence-electron chi connectivity index (χ3n) is 3.35. The number of hydrogen-bond acceptors (Lipinski definition) is 3. The molecule has 0 saturated heterocycles. The molecule has 120 valence electrons. The third-order valence-corrected chi connectivity index (χ3v) is 3.35. The predicted molar refractivity (Wildman–Crippen MR) is 86.6 cm³/mol. The highest BCUT2D eigenvalue weighted by Crippen LogP contribution is 2.24. The molecule has 0 unspecified atom stereocenters. The van der Waals surface area contributed by atoms with E-state index in [1.165, 1.54) is 12.1 Å². The van der Waals surface area contributed by atoms with Gasteiger partial charge in [0, 0.05) is 24.1 Å². The van der Waals surface area contributed by atoms with Crippen LogP contribution >= 0.6 is 0 Å². The average molecular weight is 315 g/mol. The molecule has 0 aliphatic rings. The van der Waals surface area contributed by atoms with Gasteiger partial charge in [0.25, 0.3) is 0 Å². The number of hydrogen-bond donors (Lipinski definition) is 2. The Kier molecular flexibility index (Phi) is 5.46. The molecular weight excluding hydrogens is 297 g/mol. The summed E-state index contributed by atoms with van der Waals surface area (Å²) in [6.07, 6.45) is 0.341. The van der Waals surface area contributed by atoms with Crippen molar-refractivity contribution >= 4 is 11.7 Å². The van der Waals surface area contributed by atoms with E-state index < -0.39 is 11.8 Å². The predicted octanol–water partition coefficient (Wildman–Crippen LogP) is 3.54. The molecule has 5 heteroatoms. The molecule has 23 heavy (non-hydrogen) atoms. The van der Waals surface area contributed by atoms with Gasteiger partial charge in [-0.3, -0.25) is 9.79 Å². The van der Waals surface area contributed by atoms with Gasteiger partial charge in [-0.15, -0.1) is 0 Å². The van der Waals surface area contributed by atoms with Gasteiger partial charge < -0.3 is 10.2 Å². The van der Waals surface area contributed by atoms with E-state index in [9.17, 15) is 14.3 Å². The van der Waals surface area contributed by atoms with Crippen molar-refractivity contribution < 1.29 is 19.4 Å². The Hall–Kier alpha value is -2.69. The minimum atomic E-state index is -0.897. The molecule has 0 bridgehead atoms. The second-order valence-corrected chi connectivity index (χ2v) is 5.23. The smallest absolute Gasteiger partial charge is 0.303 e. The number of aryl methyl sites for hydroxylation is 1. The number of halogens is 1. The van der Waals surface area contributed by atoms with E-state index in [1.807, 2.05) is 6.92 Å². The van der Waals surface area contributed by atoms with Crippen molar-refractivity contribution in [2.45, 2.75) is 19.8 Å². The van der Waals surface area contributed by atoms with Crippen LogP contribution in [0, 0.1) is 12.7 Å². The van der Waals surface area contributed by atoms with Crippen molar-refractivity contribution in [3.8, 4) is 5.75 Å². The van der Waals surface area contributed by atoms with Crippen molar-refractivity contribution in [3.05, 3.63) is 65.0 Å². The van der Waals surface area contributed by atoms with Crippen LogP contribution in [0.1, 0.15) is 29.5 Å². The summed E-state index contributed by atoms with van der Waals surface area (Å²) >= 11 is 0. The van der Waals surface area contributed by atoms with Crippen molar-refractivity contribution in [2.75, 3.05) is 6.54 Å². The highest BCUT2D eigenvalue weighted by molar-refractivity contribution is 6.14. The number of aliphatic carboxylic acids is 1. The summed E-state index contributed by atoms with van der Waals surface area (Å²) in [6, 6.07) is 11.2. The zero-order valence-corrected chi connectivity index (χ0v) is 12.8. The molecule has 0 atom stereocenters. The van der Waals surface area contributed by atoms with Crippen LogP contribution in [0.4, 0.5) is 4.39 Å². The molecule has 0 heterocycles. The molecule has 0 radical (unpaired) electrons. The standard InChI is InChI=1S/C18H18FNO3/c1-12-8-9-16(21)14(11-12)18(20-10-4-7-17(22)23)13-5-2-3-6-15(13)19/h2-3,5-6,8-9,11,21H,4,7,10H2,1H3,(H,22,23). The molecule has 0 fully saturated rings. The first kappa shape index (κ1) is 16.7. The van der Waals surface area contributed by atoms with E-state index in [-0.39, 0.29) is 24.3 Å². The minimum Gasteiger partial charge on any atom is -0.507 e. The van der Waals surface area contributed by atoms with Crippen LogP contribution in [0.3, 0.4) is 0 Å². The van der Waals surface area contributed by atoms with E-state index in [0.717, 1.165) is 5.56 Å². The quantitative estimate of drug-likeness (QED) is 0.633. The molecular formula is C18H18FNO3. The minimum absolute atomic E-state index is 0.00610. The van der Waals surface area contributed by atoms with Gasteiger partial charge in [0.2, 0.25) is 0 Å². The number of phenols is 1. The summed E-state index contributed by atoms with van der Waals surface area (Å²) in [5, 5.41) is 18.8. The Morgan fingerprint density at radius 1 is 1.17 bits per heavy atom. The SMILES string of the molecule is Cc1ccc(O)c(C(=NCCCC(=O)O)c2ccccc2F)c1. The number of carbonyl (C=O) groups is 1. The highest BCUT2D eigenvalue weighted by Gasteiger charge is 2.15. The Bertz CT molecular complexity index is 741. The fourth-order valence-corrected chi connectivity index (χ4v) is 2.23. The first-order valence-corrected chi connectivity index (χ1v) is 7.30. The van der Waals surface area contributed by atoms with Crippen molar-refractivity contribution in [1.29, 1.82) is 0 Å². The van der Waals surface area contributed by atoms with E-state index in [4.69, 9.17) is 5.11 Å². The molecule has 0 aliphatic carbocycles. The third kappa shape index (κ3) is 4.39. The van der Waals surface area contributed by atoms with Crippen LogP contribution in [0.15, 0.2) is 47.5 Å². The molecule has 0 amide bonds. The number of carboxylic acids is 1. The fourth-order valence-electron chi connectivity index (χ4n) is 2.23. The van der Waals surface area contributed by atoms with Crippen LogP contribution in [0.2, 0.25) is 0 Å². The average Bonchev–Trinajstić information content (AvgIpc) is 2.51. The van der Waals surface area contributed by atoms with Crippen molar-refractivity contribution in [1.82, 2.24) is 0 Å². The lowest BCUT2D eigenvalue weighted by Gasteiger charge is -2.11. The lowest BCUT2D eigenvalue weighted by atomic mass is 9.99. The van der Waals surface area contributed by atoms with E-state index in [1.54, 1.807) is 30.3 Å². The van der Waals surface area contributed by atoms with Crippen LogP contribution in [-0.2, 0) is 4.79 Å². The Labute approximate surface area is 133 Å². The number of rotatable bonds is 6. The molecule has 2 aromatic carbocycles.